The van der Waals surface area contributed by atoms with Gasteiger partial charge >= 0.3 is 0 Å². The fourth-order valence-electron chi connectivity index (χ4n) is 2.33. The standard InChI is InChI=1S/C16H25N3/c1-12(2)9-17-10-13(3)14(4)19-16-8-6-5-7-15(16)11-18-19/h5-8,11-14,17H,9-10H2,1-4H3. The highest BCUT2D eigenvalue weighted by molar-refractivity contribution is 5.78. The predicted molar refractivity (Wildman–Crippen MR) is 81.3 cm³/mol. The van der Waals surface area contributed by atoms with E-state index < -0.39 is 0 Å². The molecule has 0 aliphatic rings. The summed E-state index contributed by atoms with van der Waals surface area (Å²) in [5.41, 5.74) is 1.23. The molecule has 0 saturated heterocycles. The number of para-hydroxylation sites is 1. The van der Waals surface area contributed by atoms with Crippen LogP contribution in [0.4, 0.5) is 0 Å². The minimum absolute atomic E-state index is 0.402. The van der Waals surface area contributed by atoms with Gasteiger partial charge in [-0.3, -0.25) is 4.68 Å². The molecule has 0 amide bonds. The molecule has 2 rings (SSSR count). The fraction of sp³-hybridized carbons (Fsp3) is 0.562. The Kier molecular flexibility index (Phi) is 4.59. The number of hydrogen-bond acceptors (Lipinski definition) is 2. The molecule has 0 bridgehead atoms. The van der Waals surface area contributed by atoms with E-state index in [1.807, 2.05) is 6.20 Å². The molecule has 0 spiro atoms. The number of nitrogens with one attached hydrogen (secondary N) is 1. The normalized spacial score (nSPS) is 15.0. The van der Waals surface area contributed by atoms with Crippen LogP contribution in [0.25, 0.3) is 10.9 Å². The zero-order chi connectivity index (χ0) is 13.8. The summed E-state index contributed by atoms with van der Waals surface area (Å²) in [5.74, 6) is 1.26. The van der Waals surface area contributed by atoms with E-state index in [9.17, 15) is 0 Å². The average Bonchev–Trinajstić information content (AvgIpc) is 2.81. The SMILES string of the molecule is CC(C)CNCC(C)C(C)n1ncc2ccccc21. The topological polar surface area (TPSA) is 29.9 Å². The summed E-state index contributed by atoms with van der Waals surface area (Å²) in [4.78, 5) is 0. The highest BCUT2D eigenvalue weighted by atomic mass is 15.3. The van der Waals surface area contributed by atoms with Crippen molar-refractivity contribution >= 4 is 10.9 Å². The van der Waals surface area contributed by atoms with Gasteiger partial charge in [0.15, 0.2) is 0 Å². The van der Waals surface area contributed by atoms with Crippen LogP contribution in [0.15, 0.2) is 30.5 Å². The molecule has 0 fully saturated rings. The number of aromatic nitrogens is 2. The lowest BCUT2D eigenvalue weighted by atomic mass is 10.0. The number of nitrogens with zero attached hydrogens (tertiary/aromatic N) is 2. The van der Waals surface area contributed by atoms with Crippen molar-refractivity contribution < 1.29 is 0 Å². The van der Waals surface area contributed by atoms with E-state index in [0.29, 0.717) is 17.9 Å². The molecule has 104 valence electrons. The maximum atomic E-state index is 4.55. The third-order valence-electron chi connectivity index (χ3n) is 3.73. The molecule has 1 N–H and O–H groups in total. The van der Waals surface area contributed by atoms with Crippen molar-refractivity contribution in [3.63, 3.8) is 0 Å². The Balaban J connectivity index is 2.04. The lowest BCUT2D eigenvalue weighted by Crippen LogP contribution is -2.29. The van der Waals surface area contributed by atoms with Crippen LogP contribution in [0.1, 0.15) is 33.7 Å². The molecule has 2 atom stereocenters. The molecule has 2 unspecified atom stereocenters. The van der Waals surface area contributed by atoms with Crippen LogP contribution >= 0.6 is 0 Å². The van der Waals surface area contributed by atoms with E-state index >= 15 is 0 Å². The Morgan fingerprint density at radius 3 is 2.58 bits per heavy atom. The van der Waals surface area contributed by atoms with Gasteiger partial charge in [-0.25, -0.2) is 0 Å². The van der Waals surface area contributed by atoms with Gasteiger partial charge in [-0.05, 0) is 37.9 Å². The molecule has 0 radical (unpaired) electrons. The second kappa shape index (κ2) is 6.20. The Bertz CT molecular complexity index is 515. The molecule has 3 heteroatoms. The Morgan fingerprint density at radius 2 is 1.84 bits per heavy atom. The van der Waals surface area contributed by atoms with Crippen molar-refractivity contribution in [3.05, 3.63) is 30.5 Å². The average molecular weight is 259 g/mol. The largest absolute Gasteiger partial charge is 0.316 e. The zero-order valence-corrected chi connectivity index (χ0v) is 12.4. The van der Waals surface area contributed by atoms with Crippen LogP contribution in [-0.4, -0.2) is 22.9 Å². The first kappa shape index (κ1) is 14.1. The van der Waals surface area contributed by atoms with E-state index in [1.165, 1.54) is 10.9 Å². The Labute approximate surface area is 116 Å². The lowest BCUT2D eigenvalue weighted by molar-refractivity contribution is 0.339. The summed E-state index contributed by atoms with van der Waals surface area (Å²) in [6.45, 7) is 11.1. The van der Waals surface area contributed by atoms with Crippen LogP contribution in [-0.2, 0) is 0 Å². The van der Waals surface area contributed by atoms with Crippen molar-refractivity contribution in [1.82, 2.24) is 15.1 Å². The first-order valence-electron chi connectivity index (χ1n) is 7.22. The molecule has 19 heavy (non-hydrogen) atoms. The van der Waals surface area contributed by atoms with Gasteiger partial charge in [0.2, 0.25) is 0 Å². The van der Waals surface area contributed by atoms with Crippen molar-refractivity contribution in [3.8, 4) is 0 Å². The van der Waals surface area contributed by atoms with Gasteiger partial charge in [-0.1, -0.05) is 39.0 Å². The van der Waals surface area contributed by atoms with E-state index in [-0.39, 0.29) is 0 Å². The fourth-order valence-corrected chi connectivity index (χ4v) is 2.33. The van der Waals surface area contributed by atoms with Crippen molar-refractivity contribution in [2.45, 2.75) is 33.7 Å². The number of hydrogen-bond donors (Lipinski definition) is 1. The van der Waals surface area contributed by atoms with E-state index in [1.54, 1.807) is 0 Å². The van der Waals surface area contributed by atoms with Gasteiger partial charge in [0.25, 0.3) is 0 Å². The molecule has 2 aromatic rings. The smallest absolute Gasteiger partial charge is 0.0685 e. The van der Waals surface area contributed by atoms with Gasteiger partial charge in [-0.2, -0.15) is 5.10 Å². The molecule has 0 saturated carbocycles. The molecule has 0 aliphatic heterocycles. The highest BCUT2D eigenvalue weighted by Gasteiger charge is 2.16. The number of rotatable bonds is 6. The molecule has 1 aromatic carbocycles. The van der Waals surface area contributed by atoms with Gasteiger partial charge in [0, 0.05) is 5.39 Å². The summed E-state index contributed by atoms with van der Waals surface area (Å²) >= 11 is 0. The summed E-state index contributed by atoms with van der Waals surface area (Å²) in [7, 11) is 0. The maximum absolute atomic E-state index is 4.55. The summed E-state index contributed by atoms with van der Waals surface area (Å²) in [6, 6.07) is 8.81. The van der Waals surface area contributed by atoms with Crippen LogP contribution in [0.3, 0.4) is 0 Å². The predicted octanol–water partition coefficient (Wildman–Crippen LogP) is 3.48. The van der Waals surface area contributed by atoms with E-state index in [0.717, 1.165) is 13.1 Å². The lowest BCUT2D eigenvalue weighted by Gasteiger charge is -2.22. The second-order valence-corrected chi connectivity index (χ2v) is 5.92. The van der Waals surface area contributed by atoms with Crippen LogP contribution in [0.2, 0.25) is 0 Å². The first-order chi connectivity index (χ1) is 9.09. The van der Waals surface area contributed by atoms with E-state index in [4.69, 9.17) is 0 Å². The number of fused-ring (bicyclic) bond motifs is 1. The maximum Gasteiger partial charge on any atom is 0.0685 e. The van der Waals surface area contributed by atoms with Crippen molar-refractivity contribution in [1.29, 1.82) is 0 Å². The summed E-state index contributed by atoms with van der Waals surface area (Å²) in [6.07, 6.45) is 1.96. The third-order valence-corrected chi connectivity index (χ3v) is 3.73. The molecule has 3 nitrogen and oxygen atoms in total. The van der Waals surface area contributed by atoms with E-state index in [2.05, 4.69) is 67.1 Å². The molecular formula is C16H25N3. The molecule has 0 aliphatic carbocycles. The molecule has 1 aromatic heterocycles. The third kappa shape index (κ3) is 3.35. The Morgan fingerprint density at radius 1 is 1.11 bits per heavy atom. The van der Waals surface area contributed by atoms with Gasteiger partial charge in [0.1, 0.15) is 0 Å². The summed E-state index contributed by atoms with van der Waals surface area (Å²) in [5, 5.41) is 9.30. The highest BCUT2D eigenvalue weighted by Crippen LogP contribution is 2.22. The Hall–Kier alpha value is -1.35. The zero-order valence-electron chi connectivity index (χ0n) is 12.4. The van der Waals surface area contributed by atoms with Crippen LogP contribution in [0.5, 0.6) is 0 Å². The molecule has 1 heterocycles. The second-order valence-electron chi connectivity index (χ2n) is 5.92. The monoisotopic (exact) mass is 259 g/mol. The molecular weight excluding hydrogens is 234 g/mol. The summed E-state index contributed by atoms with van der Waals surface area (Å²) < 4.78 is 2.15. The van der Waals surface area contributed by atoms with Crippen molar-refractivity contribution in [2.24, 2.45) is 11.8 Å². The van der Waals surface area contributed by atoms with Crippen LogP contribution in [0, 0.1) is 11.8 Å². The van der Waals surface area contributed by atoms with Gasteiger partial charge < -0.3 is 5.32 Å². The van der Waals surface area contributed by atoms with Gasteiger partial charge in [-0.15, -0.1) is 0 Å². The minimum Gasteiger partial charge on any atom is -0.316 e. The van der Waals surface area contributed by atoms with Crippen molar-refractivity contribution in [2.75, 3.05) is 13.1 Å². The van der Waals surface area contributed by atoms with Crippen LogP contribution < -0.4 is 5.32 Å². The quantitative estimate of drug-likeness (QED) is 0.860. The van der Waals surface area contributed by atoms with Gasteiger partial charge in [0.05, 0.1) is 17.8 Å². The number of benzene rings is 1. The first-order valence-corrected chi connectivity index (χ1v) is 7.22. The minimum atomic E-state index is 0.402.